The number of carbonyl (C=O) groups excluding carboxylic acids is 1. The molecule has 88 valence electrons. The topological polar surface area (TPSA) is 26.3 Å². The molecule has 16 heavy (non-hydrogen) atoms. The van der Waals surface area contributed by atoms with Crippen molar-refractivity contribution in [2.45, 2.75) is 26.7 Å². The van der Waals surface area contributed by atoms with E-state index in [1.54, 1.807) is 0 Å². The molecule has 0 aliphatic heterocycles. The summed E-state index contributed by atoms with van der Waals surface area (Å²) in [7, 11) is 0. The van der Waals surface area contributed by atoms with E-state index >= 15 is 0 Å². The van der Waals surface area contributed by atoms with Crippen molar-refractivity contribution < 1.29 is 9.53 Å². The Hall–Kier alpha value is -1.15. The summed E-state index contributed by atoms with van der Waals surface area (Å²) in [5, 5.41) is 0. The Morgan fingerprint density at radius 1 is 1.19 bits per heavy atom. The molecule has 1 aromatic rings. The molecule has 0 spiro atoms. The maximum Gasteiger partial charge on any atom is 0.165 e. The molecule has 0 unspecified atom stereocenters. The Bertz CT molecular complexity index is 304. The van der Waals surface area contributed by atoms with Crippen LogP contribution in [0.5, 0.6) is 0 Å². The summed E-state index contributed by atoms with van der Waals surface area (Å²) in [5.74, 6) is 0.815. The third-order valence-corrected chi connectivity index (χ3v) is 2.41. The highest BCUT2D eigenvalue weighted by molar-refractivity contribution is 5.96. The van der Waals surface area contributed by atoms with Crippen LogP contribution in [0.25, 0.3) is 0 Å². The first kappa shape index (κ1) is 12.9. The zero-order chi connectivity index (χ0) is 11.8. The van der Waals surface area contributed by atoms with E-state index in [4.69, 9.17) is 4.74 Å². The van der Waals surface area contributed by atoms with Gasteiger partial charge in [-0.25, -0.2) is 0 Å². The Labute approximate surface area is 97.6 Å². The quantitative estimate of drug-likeness (QED) is 0.520. The largest absolute Gasteiger partial charge is 0.381 e. The summed E-state index contributed by atoms with van der Waals surface area (Å²) in [6, 6.07) is 9.36. The second-order valence-corrected chi connectivity index (χ2v) is 4.33. The SMILES string of the molecule is CC(C)CCOCCC(=O)c1ccccc1. The molecule has 0 N–H and O–H groups in total. The molecule has 0 fully saturated rings. The van der Waals surface area contributed by atoms with E-state index in [0.29, 0.717) is 18.9 Å². The maximum atomic E-state index is 11.7. The first-order chi connectivity index (χ1) is 7.70. The number of hydrogen-bond donors (Lipinski definition) is 0. The number of ketones is 1. The zero-order valence-corrected chi connectivity index (χ0v) is 10.1. The predicted molar refractivity (Wildman–Crippen MR) is 65.7 cm³/mol. The van der Waals surface area contributed by atoms with Crippen molar-refractivity contribution in [2.75, 3.05) is 13.2 Å². The van der Waals surface area contributed by atoms with Gasteiger partial charge in [-0.3, -0.25) is 4.79 Å². The lowest BCUT2D eigenvalue weighted by Gasteiger charge is -2.05. The first-order valence-electron chi connectivity index (χ1n) is 5.86. The van der Waals surface area contributed by atoms with Crippen LogP contribution in [-0.2, 0) is 4.74 Å². The molecule has 0 aliphatic rings. The van der Waals surface area contributed by atoms with Crippen LogP contribution in [0.15, 0.2) is 30.3 Å². The fourth-order valence-corrected chi connectivity index (χ4v) is 1.35. The van der Waals surface area contributed by atoms with E-state index in [2.05, 4.69) is 13.8 Å². The van der Waals surface area contributed by atoms with Gasteiger partial charge in [0.15, 0.2) is 5.78 Å². The molecule has 0 atom stereocenters. The van der Waals surface area contributed by atoms with E-state index < -0.39 is 0 Å². The average molecular weight is 220 g/mol. The molecule has 2 nitrogen and oxygen atoms in total. The van der Waals surface area contributed by atoms with Crippen molar-refractivity contribution >= 4 is 5.78 Å². The molecule has 1 rings (SSSR count). The molecule has 0 saturated heterocycles. The van der Waals surface area contributed by atoms with Crippen molar-refractivity contribution in [3.05, 3.63) is 35.9 Å². The van der Waals surface area contributed by atoms with Gasteiger partial charge in [0.05, 0.1) is 6.61 Å². The van der Waals surface area contributed by atoms with Gasteiger partial charge in [-0.05, 0) is 12.3 Å². The monoisotopic (exact) mass is 220 g/mol. The van der Waals surface area contributed by atoms with Crippen LogP contribution >= 0.6 is 0 Å². The third kappa shape index (κ3) is 5.08. The molecule has 2 heteroatoms. The minimum atomic E-state index is 0.158. The van der Waals surface area contributed by atoms with Crippen LogP contribution in [0.4, 0.5) is 0 Å². The lowest BCUT2D eigenvalue weighted by Crippen LogP contribution is -2.06. The zero-order valence-electron chi connectivity index (χ0n) is 10.1. The van der Waals surface area contributed by atoms with Gasteiger partial charge < -0.3 is 4.74 Å². The molecule has 0 bridgehead atoms. The molecule has 0 aromatic heterocycles. The van der Waals surface area contributed by atoms with Crippen molar-refractivity contribution in [1.82, 2.24) is 0 Å². The van der Waals surface area contributed by atoms with Crippen LogP contribution in [0.1, 0.15) is 37.0 Å². The van der Waals surface area contributed by atoms with Crippen molar-refractivity contribution in [3.63, 3.8) is 0 Å². The van der Waals surface area contributed by atoms with Gasteiger partial charge in [0.25, 0.3) is 0 Å². The third-order valence-electron chi connectivity index (χ3n) is 2.41. The molecule has 0 radical (unpaired) electrons. The minimum absolute atomic E-state index is 0.158. The van der Waals surface area contributed by atoms with Crippen LogP contribution in [-0.4, -0.2) is 19.0 Å². The molecular weight excluding hydrogens is 200 g/mol. The van der Waals surface area contributed by atoms with Gasteiger partial charge in [0, 0.05) is 18.6 Å². The van der Waals surface area contributed by atoms with Gasteiger partial charge in [-0.2, -0.15) is 0 Å². The van der Waals surface area contributed by atoms with Gasteiger partial charge >= 0.3 is 0 Å². The summed E-state index contributed by atoms with van der Waals surface area (Å²) in [4.78, 5) is 11.7. The summed E-state index contributed by atoms with van der Waals surface area (Å²) >= 11 is 0. The molecule has 0 amide bonds. The van der Waals surface area contributed by atoms with Gasteiger partial charge in [-0.15, -0.1) is 0 Å². The highest BCUT2D eigenvalue weighted by Gasteiger charge is 2.04. The number of benzene rings is 1. The number of hydrogen-bond acceptors (Lipinski definition) is 2. The lowest BCUT2D eigenvalue weighted by molar-refractivity contribution is 0.0861. The van der Waals surface area contributed by atoms with E-state index in [-0.39, 0.29) is 5.78 Å². The summed E-state index contributed by atoms with van der Waals surface area (Å²) in [5.41, 5.74) is 0.773. The predicted octanol–water partition coefficient (Wildman–Crippen LogP) is 3.32. The van der Waals surface area contributed by atoms with E-state index in [0.717, 1.165) is 18.6 Å². The Balaban J connectivity index is 2.16. The minimum Gasteiger partial charge on any atom is -0.381 e. The average Bonchev–Trinajstić information content (AvgIpc) is 2.29. The molecule has 1 aromatic carbocycles. The maximum absolute atomic E-state index is 11.7. The van der Waals surface area contributed by atoms with E-state index in [1.165, 1.54) is 0 Å². The van der Waals surface area contributed by atoms with Crippen molar-refractivity contribution in [2.24, 2.45) is 5.92 Å². The van der Waals surface area contributed by atoms with Gasteiger partial charge in [-0.1, -0.05) is 44.2 Å². The number of rotatable bonds is 7. The number of ether oxygens (including phenoxy) is 1. The summed E-state index contributed by atoms with van der Waals surface area (Å²) in [6.07, 6.45) is 1.53. The fraction of sp³-hybridized carbons (Fsp3) is 0.500. The van der Waals surface area contributed by atoms with Crippen molar-refractivity contribution in [1.29, 1.82) is 0 Å². The lowest BCUT2D eigenvalue weighted by atomic mass is 10.1. The second kappa shape index (κ2) is 7.18. The van der Waals surface area contributed by atoms with E-state index in [9.17, 15) is 4.79 Å². The van der Waals surface area contributed by atoms with Gasteiger partial charge in [0.1, 0.15) is 0 Å². The molecule has 0 saturated carbocycles. The summed E-state index contributed by atoms with van der Waals surface area (Å²) < 4.78 is 5.42. The molecule has 0 heterocycles. The van der Waals surface area contributed by atoms with Crippen molar-refractivity contribution in [3.8, 4) is 0 Å². The second-order valence-electron chi connectivity index (χ2n) is 4.33. The van der Waals surface area contributed by atoms with Crippen LogP contribution < -0.4 is 0 Å². The fourth-order valence-electron chi connectivity index (χ4n) is 1.35. The van der Waals surface area contributed by atoms with Crippen LogP contribution in [0.2, 0.25) is 0 Å². The normalized spacial score (nSPS) is 10.7. The van der Waals surface area contributed by atoms with Crippen LogP contribution in [0.3, 0.4) is 0 Å². The smallest absolute Gasteiger partial charge is 0.165 e. The van der Waals surface area contributed by atoms with Crippen LogP contribution in [0, 0.1) is 5.92 Å². The number of Topliss-reactive ketones (excluding diaryl/α,β-unsaturated/α-hetero) is 1. The first-order valence-corrected chi connectivity index (χ1v) is 5.86. The molecular formula is C14H20O2. The van der Waals surface area contributed by atoms with E-state index in [1.807, 2.05) is 30.3 Å². The summed E-state index contributed by atoms with van der Waals surface area (Å²) in [6.45, 7) is 5.61. The molecule has 0 aliphatic carbocycles. The number of carbonyl (C=O) groups is 1. The highest BCUT2D eigenvalue weighted by Crippen LogP contribution is 2.04. The Morgan fingerprint density at radius 2 is 1.88 bits per heavy atom. The van der Waals surface area contributed by atoms with Gasteiger partial charge in [0.2, 0.25) is 0 Å². The Kier molecular flexibility index (Phi) is 5.79. The Morgan fingerprint density at radius 3 is 2.50 bits per heavy atom. The standard InChI is InChI=1S/C14H20O2/c1-12(2)8-10-16-11-9-14(15)13-6-4-3-5-7-13/h3-7,12H,8-11H2,1-2H3. The highest BCUT2D eigenvalue weighted by atomic mass is 16.5.